The smallest absolute Gasteiger partial charge is 0.136 e. The van der Waals surface area contributed by atoms with E-state index in [0.29, 0.717) is 0 Å². The highest BCUT2D eigenvalue weighted by molar-refractivity contribution is 6.29. The summed E-state index contributed by atoms with van der Waals surface area (Å²) in [6.45, 7) is 4.72. The summed E-state index contributed by atoms with van der Waals surface area (Å²) in [6, 6.07) is 58.2. The van der Waals surface area contributed by atoms with Gasteiger partial charge in [-0.15, -0.1) is 0 Å². The van der Waals surface area contributed by atoms with Gasteiger partial charge in [0.05, 0.1) is 0 Å². The zero-order valence-electron chi connectivity index (χ0n) is 27.9. The fourth-order valence-corrected chi connectivity index (χ4v) is 9.29. The monoisotopic (exact) mass is 636 g/mol. The Morgan fingerprint density at radius 1 is 0.340 bits per heavy atom. The van der Waals surface area contributed by atoms with Crippen LogP contribution < -0.4 is 0 Å². The van der Waals surface area contributed by atoms with E-state index in [0.717, 1.165) is 11.2 Å². The fraction of sp³-hybridized carbons (Fsp3) is 0.0612. The van der Waals surface area contributed by atoms with Crippen LogP contribution in [0, 0.1) is 0 Å². The summed E-state index contributed by atoms with van der Waals surface area (Å²) in [7, 11) is 0. The number of furan rings is 1. The first-order valence-electron chi connectivity index (χ1n) is 17.5. The highest BCUT2D eigenvalue weighted by Gasteiger charge is 2.37. The molecule has 0 atom stereocenters. The Balaban J connectivity index is 1.24. The molecule has 1 aliphatic carbocycles. The molecule has 0 bridgehead atoms. The van der Waals surface area contributed by atoms with Crippen molar-refractivity contribution in [1.82, 2.24) is 0 Å². The zero-order chi connectivity index (χ0) is 33.1. The molecule has 0 spiro atoms. The molecule has 0 aliphatic heterocycles. The maximum atomic E-state index is 6.38. The van der Waals surface area contributed by atoms with Crippen molar-refractivity contribution < 1.29 is 4.42 Å². The van der Waals surface area contributed by atoms with Gasteiger partial charge >= 0.3 is 0 Å². The Kier molecular flexibility index (Phi) is 5.51. The van der Waals surface area contributed by atoms with E-state index in [2.05, 4.69) is 172 Å². The molecule has 1 aliphatic rings. The summed E-state index contributed by atoms with van der Waals surface area (Å²) in [5.74, 6) is 0. The molecule has 0 radical (unpaired) electrons. The molecule has 11 rings (SSSR count). The van der Waals surface area contributed by atoms with Crippen LogP contribution in [-0.4, -0.2) is 0 Å². The maximum absolute atomic E-state index is 6.38. The van der Waals surface area contributed by atoms with Crippen LogP contribution in [0.2, 0.25) is 0 Å². The Morgan fingerprint density at radius 3 is 1.64 bits per heavy atom. The molecule has 1 heterocycles. The first-order chi connectivity index (χ1) is 24.6. The summed E-state index contributed by atoms with van der Waals surface area (Å²) < 4.78 is 6.38. The predicted octanol–water partition coefficient (Wildman–Crippen LogP) is 13.8. The molecule has 1 aromatic heterocycles. The number of fused-ring (bicyclic) bond motifs is 5. The molecule has 0 unspecified atom stereocenters. The largest absolute Gasteiger partial charge is 0.456 e. The molecule has 0 saturated carbocycles. The highest BCUT2D eigenvalue weighted by atomic mass is 16.3. The molecule has 0 fully saturated rings. The van der Waals surface area contributed by atoms with Crippen LogP contribution in [0.3, 0.4) is 0 Å². The molecule has 0 saturated heterocycles. The minimum absolute atomic E-state index is 0.0607. The van der Waals surface area contributed by atoms with Gasteiger partial charge in [0.25, 0.3) is 0 Å². The number of benzene rings is 9. The average Bonchev–Trinajstić information content (AvgIpc) is 3.66. The molecule has 10 aromatic rings. The third-order valence-electron chi connectivity index (χ3n) is 11.5. The van der Waals surface area contributed by atoms with Crippen LogP contribution in [0.15, 0.2) is 162 Å². The van der Waals surface area contributed by atoms with Gasteiger partial charge in [-0.2, -0.15) is 0 Å². The normalized spacial score (nSPS) is 13.6. The van der Waals surface area contributed by atoms with E-state index < -0.39 is 0 Å². The summed E-state index contributed by atoms with van der Waals surface area (Å²) in [4.78, 5) is 0. The fourth-order valence-electron chi connectivity index (χ4n) is 9.29. The molecule has 0 N–H and O–H groups in total. The van der Waals surface area contributed by atoms with E-state index in [1.165, 1.54) is 98.7 Å². The Bertz CT molecular complexity index is 2950. The standard InChI is InChI=1S/C49H32O/c1-49(2)40-22-10-9-20-39(40)47-32(21-12-23-41(47)49)30-14-3-4-15-31(30)45-33-16-5-7-18-35(33)46(36-19-8-6-17-34(36)45)37-27-28-43-48-38(37)26-25-29-13-11-24-42(50-43)44(29)48/h3-28H,1-2H3. The Labute approximate surface area is 290 Å². The second kappa shape index (κ2) is 9.94. The van der Waals surface area contributed by atoms with Gasteiger partial charge in [0, 0.05) is 16.2 Å². The summed E-state index contributed by atoms with van der Waals surface area (Å²) in [5, 5.41) is 9.88. The summed E-state index contributed by atoms with van der Waals surface area (Å²) in [6.07, 6.45) is 0. The number of hydrogen-bond donors (Lipinski definition) is 0. The van der Waals surface area contributed by atoms with E-state index >= 15 is 0 Å². The van der Waals surface area contributed by atoms with E-state index in [9.17, 15) is 0 Å². The lowest BCUT2D eigenvalue weighted by Crippen LogP contribution is -2.14. The van der Waals surface area contributed by atoms with Crippen molar-refractivity contribution in [2.24, 2.45) is 0 Å². The van der Waals surface area contributed by atoms with Crippen molar-refractivity contribution in [3.8, 4) is 44.5 Å². The number of rotatable bonds is 3. The van der Waals surface area contributed by atoms with Gasteiger partial charge < -0.3 is 4.42 Å². The maximum Gasteiger partial charge on any atom is 0.136 e. The number of hydrogen-bond acceptors (Lipinski definition) is 1. The van der Waals surface area contributed by atoms with Gasteiger partial charge in [0.15, 0.2) is 0 Å². The van der Waals surface area contributed by atoms with E-state index in [1.54, 1.807) is 0 Å². The average molecular weight is 637 g/mol. The van der Waals surface area contributed by atoms with E-state index in [4.69, 9.17) is 4.42 Å². The molecule has 50 heavy (non-hydrogen) atoms. The molecular formula is C49H32O. The van der Waals surface area contributed by atoms with Gasteiger partial charge in [-0.05, 0) is 106 Å². The van der Waals surface area contributed by atoms with Gasteiger partial charge in [0.1, 0.15) is 11.2 Å². The first-order valence-corrected chi connectivity index (χ1v) is 17.5. The van der Waals surface area contributed by atoms with Crippen LogP contribution in [-0.2, 0) is 5.41 Å². The van der Waals surface area contributed by atoms with Crippen LogP contribution in [0.4, 0.5) is 0 Å². The predicted molar refractivity (Wildman–Crippen MR) is 211 cm³/mol. The minimum atomic E-state index is -0.0607. The van der Waals surface area contributed by atoms with Crippen LogP contribution in [0.25, 0.3) is 98.8 Å². The minimum Gasteiger partial charge on any atom is -0.456 e. The lowest BCUT2D eigenvalue weighted by atomic mass is 9.80. The van der Waals surface area contributed by atoms with Gasteiger partial charge in [-0.25, -0.2) is 0 Å². The third kappa shape index (κ3) is 3.56. The van der Waals surface area contributed by atoms with E-state index in [-0.39, 0.29) is 5.41 Å². The van der Waals surface area contributed by atoms with Crippen molar-refractivity contribution in [3.63, 3.8) is 0 Å². The SMILES string of the molecule is CC1(C)c2ccccc2-c2c(-c3ccccc3-c3c4ccccc4c(-c4ccc5oc6cccc7ccc4c5c76)c4ccccc34)cccc21. The third-order valence-corrected chi connectivity index (χ3v) is 11.5. The first kappa shape index (κ1) is 27.7. The van der Waals surface area contributed by atoms with Crippen molar-refractivity contribution in [3.05, 3.63) is 169 Å². The lowest BCUT2D eigenvalue weighted by Gasteiger charge is -2.22. The van der Waals surface area contributed by atoms with Crippen molar-refractivity contribution in [2.45, 2.75) is 19.3 Å². The summed E-state index contributed by atoms with van der Waals surface area (Å²) >= 11 is 0. The zero-order valence-corrected chi connectivity index (χ0v) is 27.9. The Morgan fingerprint density at radius 2 is 0.900 bits per heavy atom. The highest BCUT2D eigenvalue weighted by Crippen LogP contribution is 2.54. The molecular weight excluding hydrogens is 605 g/mol. The summed E-state index contributed by atoms with van der Waals surface area (Å²) in [5.41, 5.74) is 14.9. The van der Waals surface area contributed by atoms with E-state index in [1.807, 2.05) is 0 Å². The molecule has 1 heteroatoms. The van der Waals surface area contributed by atoms with Gasteiger partial charge in [-0.3, -0.25) is 0 Å². The molecule has 9 aromatic carbocycles. The van der Waals surface area contributed by atoms with Gasteiger partial charge in [0.2, 0.25) is 0 Å². The van der Waals surface area contributed by atoms with Crippen LogP contribution in [0.1, 0.15) is 25.0 Å². The van der Waals surface area contributed by atoms with Crippen LogP contribution in [0.5, 0.6) is 0 Å². The quantitative estimate of drug-likeness (QED) is 0.139. The second-order valence-electron chi connectivity index (χ2n) is 14.3. The second-order valence-corrected chi connectivity index (χ2v) is 14.3. The Hall–Kier alpha value is -6.18. The molecule has 1 nitrogen and oxygen atoms in total. The van der Waals surface area contributed by atoms with Crippen LogP contribution >= 0.6 is 0 Å². The van der Waals surface area contributed by atoms with Crippen molar-refractivity contribution in [2.75, 3.05) is 0 Å². The van der Waals surface area contributed by atoms with Crippen molar-refractivity contribution in [1.29, 1.82) is 0 Å². The van der Waals surface area contributed by atoms with Gasteiger partial charge in [-0.1, -0.05) is 153 Å². The molecule has 0 amide bonds. The van der Waals surface area contributed by atoms with Crippen molar-refractivity contribution >= 4 is 54.3 Å². The lowest BCUT2D eigenvalue weighted by molar-refractivity contribution is 0.660. The topological polar surface area (TPSA) is 13.1 Å². The molecule has 234 valence electrons.